The molecule has 0 bridgehead atoms. The van der Waals surface area contributed by atoms with Gasteiger partial charge in [-0.05, 0) is 69.4 Å². The lowest BCUT2D eigenvalue weighted by Gasteiger charge is -2.28. The van der Waals surface area contributed by atoms with Crippen LogP contribution < -0.4 is 10.9 Å². The van der Waals surface area contributed by atoms with E-state index in [0.29, 0.717) is 11.5 Å². The third-order valence-corrected chi connectivity index (χ3v) is 6.30. The highest BCUT2D eigenvalue weighted by molar-refractivity contribution is 5.94. The van der Waals surface area contributed by atoms with Gasteiger partial charge in [0.1, 0.15) is 5.56 Å². The smallest absolute Gasteiger partial charge is 0.263 e. The highest BCUT2D eigenvalue weighted by atomic mass is 16.2. The summed E-state index contributed by atoms with van der Waals surface area (Å²) in [5.41, 5.74) is 2.64. The lowest BCUT2D eigenvalue weighted by molar-refractivity contribution is 0.0917. The molecular formula is C22H34N2O2. The molecule has 1 amide bonds. The van der Waals surface area contributed by atoms with E-state index in [-0.39, 0.29) is 17.5 Å². The van der Waals surface area contributed by atoms with Crippen LogP contribution >= 0.6 is 0 Å². The van der Waals surface area contributed by atoms with Crippen molar-refractivity contribution >= 4 is 5.91 Å². The van der Waals surface area contributed by atoms with Crippen LogP contribution in [-0.4, -0.2) is 16.5 Å². The molecule has 2 aliphatic rings. The number of hydrogen-bond acceptors (Lipinski definition) is 2. The number of fused-ring (bicyclic) bond motifs is 1. The molecule has 1 N–H and O–H groups in total. The summed E-state index contributed by atoms with van der Waals surface area (Å²) in [4.78, 5) is 26.0. The van der Waals surface area contributed by atoms with Crippen molar-refractivity contribution in [3.05, 3.63) is 33.2 Å². The Morgan fingerprint density at radius 1 is 1.19 bits per heavy atom. The fraction of sp³-hybridized carbons (Fsp3) is 0.727. The lowest BCUT2D eigenvalue weighted by Crippen LogP contribution is -2.42. The van der Waals surface area contributed by atoms with Crippen LogP contribution in [0.5, 0.6) is 0 Å². The maximum atomic E-state index is 13.0. The van der Waals surface area contributed by atoms with Crippen molar-refractivity contribution < 1.29 is 4.79 Å². The monoisotopic (exact) mass is 358 g/mol. The van der Waals surface area contributed by atoms with Crippen molar-refractivity contribution in [2.24, 2.45) is 5.92 Å². The Bertz CT molecular complexity index is 686. The molecule has 144 valence electrons. The first-order valence-electron chi connectivity index (χ1n) is 10.7. The first-order chi connectivity index (χ1) is 12.6. The van der Waals surface area contributed by atoms with Crippen molar-refractivity contribution in [1.29, 1.82) is 0 Å². The van der Waals surface area contributed by atoms with Gasteiger partial charge in [-0.25, -0.2) is 0 Å². The number of aromatic nitrogens is 1. The van der Waals surface area contributed by atoms with Crippen LogP contribution in [0.3, 0.4) is 0 Å². The predicted octanol–water partition coefficient (Wildman–Crippen LogP) is 4.23. The van der Waals surface area contributed by atoms with Crippen molar-refractivity contribution in [2.75, 3.05) is 0 Å². The van der Waals surface area contributed by atoms with Gasteiger partial charge in [-0.3, -0.25) is 9.59 Å². The van der Waals surface area contributed by atoms with E-state index in [1.165, 1.54) is 43.4 Å². The lowest BCUT2D eigenvalue weighted by atomic mass is 9.84. The standard InChI is InChI=1S/C22H34N2O2/c1-3-4-14-24-20-13-9-8-12-18(20)15-19(22(24)26)21(25)23-16(2)17-10-6-5-7-11-17/h15-17H,3-14H2,1-2H3,(H,23,25)/t16-/m1/s1. The molecule has 4 heteroatoms. The Kier molecular flexibility index (Phi) is 6.55. The molecule has 1 fully saturated rings. The second-order valence-corrected chi connectivity index (χ2v) is 8.21. The van der Waals surface area contributed by atoms with Gasteiger partial charge >= 0.3 is 0 Å². The van der Waals surface area contributed by atoms with E-state index in [1.54, 1.807) is 0 Å². The molecule has 1 saturated carbocycles. The van der Waals surface area contributed by atoms with Crippen molar-refractivity contribution in [2.45, 2.75) is 97.1 Å². The minimum absolute atomic E-state index is 0.0903. The molecule has 1 atom stereocenters. The second-order valence-electron chi connectivity index (χ2n) is 8.21. The van der Waals surface area contributed by atoms with Crippen molar-refractivity contribution in [3.8, 4) is 0 Å². The van der Waals surface area contributed by atoms with E-state index < -0.39 is 0 Å². The van der Waals surface area contributed by atoms with Crippen LogP contribution in [0, 0.1) is 5.92 Å². The zero-order valence-corrected chi connectivity index (χ0v) is 16.5. The third-order valence-electron chi connectivity index (χ3n) is 6.30. The summed E-state index contributed by atoms with van der Waals surface area (Å²) >= 11 is 0. The molecule has 2 aliphatic carbocycles. The molecule has 0 aliphatic heterocycles. The summed E-state index contributed by atoms with van der Waals surface area (Å²) in [6, 6.07) is 2.03. The summed E-state index contributed by atoms with van der Waals surface area (Å²) in [5.74, 6) is 0.374. The highest BCUT2D eigenvalue weighted by Crippen LogP contribution is 2.26. The fourth-order valence-electron chi connectivity index (χ4n) is 4.63. The number of unbranched alkanes of at least 4 members (excludes halogenated alkanes) is 1. The topological polar surface area (TPSA) is 51.1 Å². The van der Waals surface area contributed by atoms with Gasteiger partial charge in [0.15, 0.2) is 0 Å². The second kappa shape index (κ2) is 8.88. The van der Waals surface area contributed by atoms with Gasteiger partial charge in [-0.15, -0.1) is 0 Å². The number of hydrogen-bond donors (Lipinski definition) is 1. The van der Waals surface area contributed by atoms with E-state index >= 15 is 0 Å². The SMILES string of the molecule is CCCCn1c2c(cc(C(=O)N[C@H](C)C3CCCCC3)c1=O)CCCC2. The zero-order chi connectivity index (χ0) is 18.5. The normalized spacial score (nSPS) is 19.0. The van der Waals surface area contributed by atoms with Gasteiger partial charge in [0.05, 0.1) is 0 Å². The van der Waals surface area contributed by atoms with Gasteiger partial charge < -0.3 is 9.88 Å². The number of nitrogens with one attached hydrogen (secondary N) is 1. The number of nitrogens with zero attached hydrogens (tertiary/aromatic N) is 1. The number of aryl methyl sites for hydroxylation is 1. The molecule has 0 unspecified atom stereocenters. The number of amides is 1. The highest BCUT2D eigenvalue weighted by Gasteiger charge is 2.25. The van der Waals surface area contributed by atoms with Gasteiger partial charge in [-0.1, -0.05) is 32.6 Å². The van der Waals surface area contributed by atoms with Crippen LogP contribution in [0.2, 0.25) is 0 Å². The van der Waals surface area contributed by atoms with Crippen LogP contribution in [0.4, 0.5) is 0 Å². The molecule has 1 aromatic rings. The Morgan fingerprint density at radius 2 is 1.92 bits per heavy atom. The van der Waals surface area contributed by atoms with Crippen LogP contribution in [0.25, 0.3) is 0 Å². The quantitative estimate of drug-likeness (QED) is 0.827. The van der Waals surface area contributed by atoms with E-state index in [1.807, 2.05) is 10.6 Å². The molecule has 0 saturated heterocycles. The van der Waals surface area contributed by atoms with E-state index in [9.17, 15) is 9.59 Å². The summed E-state index contributed by atoms with van der Waals surface area (Å²) in [7, 11) is 0. The summed E-state index contributed by atoms with van der Waals surface area (Å²) < 4.78 is 1.90. The summed E-state index contributed by atoms with van der Waals surface area (Å²) in [6.45, 7) is 4.97. The fourth-order valence-corrected chi connectivity index (χ4v) is 4.63. The molecule has 4 nitrogen and oxygen atoms in total. The van der Waals surface area contributed by atoms with Gasteiger partial charge in [0.25, 0.3) is 11.5 Å². The molecule has 0 spiro atoms. The Balaban J connectivity index is 1.83. The number of pyridine rings is 1. The molecule has 3 rings (SSSR count). The Hall–Kier alpha value is -1.58. The van der Waals surface area contributed by atoms with Crippen LogP contribution in [0.1, 0.15) is 93.3 Å². The average Bonchev–Trinajstić information content (AvgIpc) is 2.67. The molecule has 0 aromatic carbocycles. The van der Waals surface area contributed by atoms with E-state index in [4.69, 9.17) is 0 Å². The van der Waals surface area contributed by atoms with Crippen molar-refractivity contribution in [3.63, 3.8) is 0 Å². The maximum Gasteiger partial charge on any atom is 0.263 e. The Labute approximate surface area is 157 Å². The molecular weight excluding hydrogens is 324 g/mol. The first kappa shape index (κ1) is 19.2. The number of carbonyl (C=O) groups is 1. The van der Waals surface area contributed by atoms with Gasteiger partial charge in [0, 0.05) is 18.3 Å². The van der Waals surface area contributed by atoms with E-state index in [2.05, 4.69) is 19.2 Å². The molecule has 26 heavy (non-hydrogen) atoms. The average molecular weight is 359 g/mol. The molecule has 1 aromatic heterocycles. The van der Waals surface area contributed by atoms with Crippen LogP contribution in [0.15, 0.2) is 10.9 Å². The maximum absolute atomic E-state index is 13.0. The van der Waals surface area contributed by atoms with Crippen LogP contribution in [-0.2, 0) is 19.4 Å². The summed E-state index contributed by atoms with van der Waals surface area (Å²) in [5, 5.41) is 3.14. The van der Waals surface area contributed by atoms with Crippen molar-refractivity contribution in [1.82, 2.24) is 9.88 Å². The molecule has 0 radical (unpaired) electrons. The van der Waals surface area contributed by atoms with E-state index in [0.717, 1.165) is 45.1 Å². The Morgan fingerprint density at radius 3 is 2.65 bits per heavy atom. The number of rotatable bonds is 6. The number of carbonyl (C=O) groups excluding carboxylic acids is 1. The predicted molar refractivity (Wildman–Crippen MR) is 106 cm³/mol. The third kappa shape index (κ3) is 4.21. The van der Waals surface area contributed by atoms with Gasteiger partial charge in [-0.2, -0.15) is 0 Å². The largest absolute Gasteiger partial charge is 0.349 e. The minimum atomic E-state index is -0.174. The van der Waals surface area contributed by atoms with Gasteiger partial charge in [0.2, 0.25) is 0 Å². The molecule has 1 heterocycles. The zero-order valence-electron chi connectivity index (χ0n) is 16.5. The minimum Gasteiger partial charge on any atom is -0.349 e. The first-order valence-corrected chi connectivity index (χ1v) is 10.7. The summed E-state index contributed by atoms with van der Waals surface area (Å²) in [6.07, 6.45) is 12.5.